The average molecular weight is 207 g/mol. The van der Waals surface area contributed by atoms with Crippen LogP contribution >= 0.6 is 0 Å². The molecule has 1 aromatic heterocycles. The molecule has 84 valence electrons. The van der Waals surface area contributed by atoms with Crippen LogP contribution in [0.15, 0.2) is 12.4 Å². The third kappa shape index (κ3) is 2.61. The minimum atomic E-state index is 1.22. The minimum absolute atomic E-state index is 1.22. The fraction of sp³-hybridized carbons (Fsp3) is 0.769. The summed E-state index contributed by atoms with van der Waals surface area (Å²) in [5, 5.41) is 0. The van der Waals surface area contributed by atoms with Crippen molar-refractivity contribution in [2.75, 3.05) is 0 Å². The van der Waals surface area contributed by atoms with Gasteiger partial charge < -0.3 is 0 Å². The molecule has 15 heavy (non-hydrogen) atoms. The molecule has 2 nitrogen and oxygen atoms in total. The molecule has 0 fully saturated rings. The first-order chi connectivity index (χ1) is 7.42. The first-order valence-electron chi connectivity index (χ1n) is 6.49. The maximum absolute atomic E-state index is 2.47. The fourth-order valence-corrected chi connectivity index (χ4v) is 2.47. The SMILES string of the molecule is CCCCCCn1cc[n+]2c1CCCC2. The van der Waals surface area contributed by atoms with Crippen LogP contribution in [0.1, 0.15) is 51.3 Å². The lowest BCUT2D eigenvalue weighted by Crippen LogP contribution is -2.40. The summed E-state index contributed by atoms with van der Waals surface area (Å²) in [6.45, 7) is 4.73. The molecule has 1 aliphatic rings. The third-order valence-corrected chi connectivity index (χ3v) is 3.39. The van der Waals surface area contributed by atoms with Gasteiger partial charge in [-0.1, -0.05) is 19.8 Å². The number of rotatable bonds is 5. The van der Waals surface area contributed by atoms with Crippen LogP contribution < -0.4 is 4.57 Å². The zero-order valence-electron chi connectivity index (χ0n) is 9.91. The van der Waals surface area contributed by atoms with Crippen molar-refractivity contribution in [3.63, 3.8) is 0 Å². The van der Waals surface area contributed by atoms with E-state index in [9.17, 15) is 0 Å². The Kier molecular flexibility index (Phi) is 3.81. The van der Waals surface area contributed by atoms with E-state index in [4.69, 9.17) is 0 Å². The Labute approximate surface area is 92.9 Å². The number of hydrogen-bond donors (Lipinski definition) is 0. The van der Waals surface area contributed by atoms with E-state index in [2.05, 4.69) is 28.5 Å². The van der Waals surface area contributed by atoms with Crippen molar-refractivity contribution < 1.29 is 4.57 Å². The molecule has 0 aromatic carbocycles. The Morgan fingerprint density at radius 1 is 1.27 bits per heavy atom. The molecule has 1 aliphatic heterocycles. The zero-order valence-corrected chi connectivity index (χ0v) is 9.91. The molecule has 2 heterocycles. The normalized spacial score (nSPS) is 15.3. The van der Waals surface area contributed by atoms with Crippen LogP contribution in [0.2, 0.25) is 0 Å². The van der Waals surface area contributed by atoms with Crippen molar-refractivity contribution in [1.29, 1.82) is 0 Å². The molecule has 2 rings (SSSR count). The Morgan fingerprint density at radius 3 is 3.07 bits per heavy atom. The highest BCUT2D eigenvalue weighted by atomic mass is 15.1. The van der Waals surface area contributed by atoms with E-state index in [-0.39, 0.29) is 0 Å². The summed E-state index contributed by atoms with van der Waals surface area (Å²) in [5.41, 5.74) is 0. The fourth-order valence-electron chi connectivity index (χ4n) is 2.47. The van der Waals surface area contributed by atoms with Crippen LogP contribution in [0.5, 0.6) is 0 Å². The monoisotopic (exact) mass is 207 g/mol. The van der Waals surface area contributed by atoms with Crippen LogP contribution in [0.3, 0.4) is 0 Å². The minimum Gasteiger partial charge on any atom is -0.234 e. The van der Waals surface area contributed by atoms with Crippen molar-refractivity contribution in [2.45, 2.75) is 65.0 Å². The first kappa shape index (κ1) is 10.7. The van der Waals surface area contributed by atoms with Gasteiger partial charge in [-0.25, -0.2) is 9.13 Å². The Bertz CT molecular complexity index is 301. The largest absolute Gasteiger partial charge is 0.256 e. The van der Waals surface area contributed by atoms with Crippen molar-refractivity contribution >= 4 is 0 Å². The van der Waals surface area contributed by atoms with Gasteiger partial charge in [0.25, 0.3) is 5.82 Å². The molecule has 0 unspecified atom stereocenters. The second-order valence-corrected chi connectivity index (χ2v) is 4.62. The van der Waals surface area contributed by atoms with Crippen LogP contribution in [-0.2, 0) is 19.5 Å². The molecule has 0 spiro atoms. The van der Waals surface area contributed by atoms with E-state index >= 15 is 0 Å². The van der Waals surface area contributed by atoms with E-state index in [1.807, 2.05) is 0 Å². The van der Waals surface area contributed by atoms with E-state index in [1.165, 1.54) is 58.0 Å². The quantitative estimate of drug-likeness (QED) is 0.518. The highest BCUT2D eigenvalue weighted by Gasteiger charge is 2.19. The number of hydrogen-bond acceptors (Lipinski definition) is 0. The van der Waals surface area contributed by atoms with Gasteiger partial charge in [-0.3, -0.25) is 0 Å². The second kappa shape index (κ2) is 5.34. The van der Waals surface area contributed by atoms with Gasteiger partial charge in [-0.05, 0) is 25.7 Å². The summed E-state index contributed by atoms with van der Waals surface area (Å²) in [6.07, 6.45) is 14.0. The topological polar surface area (TPSA) is 8.81 Å². The van der Waals surface area contributed by atoms with Crippen molar-refractivity contribution in [3.8, 4) is 0 Å². The zero-order chi connectivity index (χ0) is 10.5. The molecule has 2 heteroatoms. The number of aromatic nitrogens is 2. The molecular formula is C13H23N2+. The van der Waals surface area contributed by atoms with E-state index in [1.54, 1.807) is 5.82 Å². The first-order valence-corrected chi connectivity index (χ1v) is 6.49. The molecule has 0 atom stereocenters. The van der Waals surface area contributed by atoms with Crippen LogP contribution in [0.25, 0.3) is 0 Å². The molecule has 1 aromatic rings. The van der Waals surface area contributed by atoms with Gasteiger partial charge in [-0.15, -0.1) is 0 Å². The lowest BCUT2D eigenvalue weighted by atomic mass is 10.1. The second-order valence-electron chi connectivity index (χ2n) is 4.62. The smallest absolute Gasteiger partial charge is 0.234 e. The molecular weight excluding hydrogens is 184 g/mol. The summed E-state index contributed by atoms with van der Waals surface area (Å²) in [5.74, 6) is 1.55. The number of unbranched alkanes of at least 4 members (excludes halogenated alkanes) is 3. The summed E-state index contributed by atoms with van der Waals surface area (Å²) >= 11 is 0. The lowest BCUT2D eigenvalue weighted by molar-refractivity contribution is -0.709. The van der Waals surface area contributed by atoms with Gasteiger partial charge in [0.1, 0.15) is 12.4 Å². The summed E-state index contributed by atoms with van der Waals surface area (Å²) in [7, 11) is 0. The maximum atomic E-state index is 2.47. The van der Waals surface area contributed by atoms with Crippen LogP contribution in [0.4, 0.5) is 0 Å². The van der Waals surface area contributed by atoms with Crippen LogP contribution in [-0.4, -0.2) is 4.57 Å². The third-order valence-electron chi connectivity index (χ3n) is 3.39. The van der Waals surface area contributed by atoms with Gasteiger partial charge in [0.15, 0.2) is 0 Å². The number of aryl methyl sites for hydroxylation is 2. The van der Waals surface area contributed by atoms with E-state index in [0.717, 1.165) is 0 Å². The maximum Gasteiger partial charge on any atom is 0.256 e. The van der Waals surface area contributed by atoms with Gasteiger partial charge in [0.2, 0.25) is 0 Å². The number of fused-ring (bicyclic) bond motifs is 1. The predicted molar refractivity (Wildman–Crippen MR) is 61.7 cm³/mol. The predicted octanol–water partition coefficient (Wildman–Crippen LogP) is 2.69. The Hall–Kier alpha value is -0.790. The molecule has 0 amide bonds. The van der Waals surface area contributed by atoms with E-state index in [0.29, 0.717) is 0 Å². The van der Waals surface area contributed by atoms with Crippen molar-refractivity contribution in [1.82, 2.24) is 4.57 Å². The van der Waals surface area contributed by atoms with Gasteiger partial charge in [-0.2, -0.15) is 0 Å². The van der Waals surface area contributed by atoms with E-state index < -0.39 is 0 Å². The van der Waals surface area contributed by atoms with Crippen LogP contribution in [0, 0.1) is 0 Å². The summed E-state index contributed by atoms with van der Waals surface area (Å²) in [4.78, 5) is 0. The molecule has 0 saturated heterocycles. The number of imidazole rings is 1. The van der Waals surface area contributed by atoms with Gasteiger partial charge >= 0.3 is 0 Å². The lowest BCUT2D eigenvalue weighted by Gasteiger charge is -2.09. The summed E-state index contributed by atoms with van der Waals surface area (Å²) in [6, 6.07) is 0. The summed E-state index contributed by atoms with van der Waals surface area (Å²) < 4.78 is 4.90. The standard InChI is InChI=1S/C13H23N2/c1-2-3-4-6-9-14-11-12-15-10-7-5-8-13(14)15/h11-12H,2-10H2,1H3/q+1. The highest BCUT2D eigenvalue weighted by Crippen LogP contribution is 2.10. The van der Waals surface area contributed by atoms with Gasteiger partial charge in [0, 0.05) is 6.42 Å². The average Bonchev–Trinajstić information content (AvgIpc) is 2.68. The van der Waals surface area contributed by atoms with Crippen molar-refractivity contribution in [3.05, 3.63) is 18.2 Å². The highest BCUT2D eigenvalue weighted by molar-refractivity contribution is 4.85. The van der Waals surface area contributed by atoms with Gasteiger partial charge in [0.05, 0.1) is 13.1 Å². The Balaban J connectivity index is 1.88. The Morgan fingerprint density at radius 2 is 2.20 bits per heavy atom. The number of nitrogens with zero attached hydrogens (tertiary/aromatic N) is 2. The molecule has 0 N–H and O–H groups in total. The van der Waals surface area contributed by atoms with Crippen molar-refractivity contribution in [2.24, 2.45) is 0 Å². The molecule has 0 aliphatic carbocycles. The molecule has 0 radical (unpaired) electrons. The molecule has 0 bridgehead atoms. The molecule has 0 saturated carbocycles.